The Bertz CT molecular complexity index is 950. The Hall–Kier alpha value is -2.99. The Balaban J connectivity index is 1.57. The molecule has 0 saturated heterocycles. The number of nitrogens with zero attached hydrogens (tertiary/aromatic N) is 3. The van der Waals surface area contributed by atoms with Crippen molar-refractivity contribution in [1.82, 2.24) is 15.0 Å². The molecule has 2 aromatic carbocycles. The smallest absolute Gasteiger partial charge is 0.325 e. The summed E-state index contributed by atoms with van der Waals surface area (Å²) in [5.74, 6) is 1.12. The highest BCUT2D eigenvalue weighted by atomic mass is 32.1. The van der Waals surface area contributed by atoms with Crippen LogP contribution in [0, 0.1) is 0 Å². The van der Waals surface area contributed by atoms with Gasteiger partial charge in [0.05, 0.1) is 17.3 Å². The van der Waals surface area contributed by atoms with Gasteiger partial charge in [-0.1, -0.05) is 12.1 Å². The van der Waals surface area contributed by atoms with Gasteiger partial charge in [0.1, 0.15) is 10.8 Å². The van der Waals surface area contributed by atoms with Crippen molar-refractivity contribution in [3.63, 3.8) is 0 Å². The first kappa shape index (κ1) is 14.6. The lowest BCUT2D eigenvalue weighted by atomic mass is 10.2. The van der Waals surface area contributed by atoms with Crippen molar-refractivity contribution in [3.8, 4) is 28.2 Å². The fraction of sp³-hybridized carbons (Fsp3) is 0.0556. The molecule has 24 heavy (non-hydrogen) atoms. The molecular weight excluding hydrogens is 322 g/mol. The predicted octanol–water partition coefficient (Wildman–Crippen LogP) is 4.55. The van der Waals surface area contributed by atoms with Crippen molar-refractivity contribution in [1.29, 1.82) is 0 Å². The molecule has 4 aromatic rings. The van der Waals surface area contributed by atoms with Crippen LogP contribution in [0.15, 0.2) is 60.8 Å². The first-order valence-electron chi connectivity index (χ1n) is 7.33. The number of benzene rings is 2. The zero-order valence-electron chi connectivity index (χ0n) is 12.8. The molecule has 0 radical (unpaired) electrons. The molecule has 6 heteroatoms. The molecule has 0 aliphatic rings. The Morgan fingerprint density at radius 3 is 2.54 bits per heavy atom. The Labute approximate surface area is 142 Å². The molecule has 2 heterocycles. The average molecular weight is 335 g/mol. The number of rotatable bonds is 4. The molecule has 0 N–H and O–H groups in total. The third kappa shape index (κ3) is 2.91. The van der Waals surface area contributed by atoms with E-state index in [0.29, 0.717) is 11.6 Å². The summed E-state index contributed by atoms with van der Waals surface area (Å²) in [7, 11) is 1.55. The van der Waals surface area contributed by atoms with Crippen LogP contribution in [0.5, 0.6) is 17.6 Å². The lowest BCUT2D eigenvalue weighted by molar-refractivity contribution is 0.376. The SMILES string of the molecule is COc1ccnc(Oc2ccc(-c3nc4ccccc4s3)cc2)n1. The van der Waals surface area contributed by atoms with Crippen LogP contribution in [0.2, 0.25) is 0 Å². The van der Waals surface area contributed by atoms with Gasteiger partial charge in [0.25, 0.3) is 0 Å². The number of para-hydroxylation sites is 1. The van der Waals surface area contributed by atoms with E-state index in [4.69, 9.17) is 9.47 Å². The number of fused-ring (bicyclic) bond motifs is 1. The first-order valence-corrected chi connectivity index (χ1v) is 8.14. The molecule has 0 atom stereocenters. The first-order chi connectivity index (χ1) is 11.8. The highest BCUT2D eigenvalue weighted by molar-refractivity contribution is 7.21. The van der Waals surface area contributed by atoms with E-state index in [-0.39, 0.29) is 6.01 Å². The summed E-state index contributed by atoms with van der Waals surface area (Å²) in [6.07, 6.45) is 1.59. The van der Waals surface area contributed by atoms with Crippen molar-refractivity contribution in [3.05, 3.63) is 60.8 Å². The lowest BCUT2D eigenvalue weighted by Gasteiger charge is -2.05. The number of hydrogen-bond donors (Lipinski definition) is 0. The minimum atomic E-state index is 0.252. The summed E-state index contributed by atoms with van der Waals surface area (Å²) in [6, 6.07) is 17.8. The molecule has 0 bridgehead atoms. The summed E-state index contributed by atoms with van der Waals surface area (Å²) in [5.41, 5.74) is 2.07. The van der Waals surface area contributed by atoms with Crippen LogP contribution < -0.4 is 9.47 Å². The minimum Gasteiger partial charge on any atom is -0.481 e. The van der Waals surface area contributed by atoms with Gasteiger partial charge in [-0.05, 0) is 36.4 Å². The molecule has 0 spiro atoms. The summed E-state index contributed by atoms with van der Waals surface area (Å²) in [4.78, 5) is 12.9. The van der Waals surface area contributed by atoms with Crippen molar-refractivity contribution in [2.45, 2.75) is 0 Å². The fourth-order valence-corrected chi connectivity index (χ4v) is 3.23. The number of hydrogen-bond acceptors (Lipinski definition) is 6. The van der Waals surface area contributed by atoms with Gasteiger partial charge in [-0.3, -0.25) is 0 Å². The average Bonchev–Trinajstić information content (AvgIpc) is 3.06. The third-order valence-corrected chi connectivity index (χ3v) is 4.51. The number of aromatic nitrogens is 3. The second-order valence-corrected chi connectivity index (χ2v) is 6.03. The van der Waals surface area contributed by atoms with E-state index in [1.807, 2.05) is 42.5 Å². The summed E-state index contributed by atoms with van der Waals surface area (Å²) < 4.78 is 11.9. The van der Waals surface area contributed by atoms with Crippen molar-refractivity contribution < 1.29 is 9.47 Å². The summed E-state index contributed by atoms with van der Waals surface area (Å²) >= 11 is 1.67. The standard InChI is InChI=1S/C18H13N3O2S/c1-22-16-10-11-19-18(21-16)23-13-8-6-12(7-9-13)17-20-14-4-2-3-5-15(14)24-17/h2-11H,1H3. The normalized spacial score (nSPS) is 10.7. The molecule has 118 valence electrons. The largest absolute Gasteiger partial charge is 0.481 e. The van der Waals surface area contributed by atoms with Gasteiger partial charge in [0, 0.05) is 17.8 Å². The van der Waals surface area contributed by atoms with Gasteiger partial charge >= 0.3 is 6.01 Å². The van der Waals surface area contributed by atoms with Crippen LogP contribution in [0.25, 0.3) is 20.8 Å². The Morgan fingerprint density at radius 2 is 1.75 bits per heavy atom. The number of methoxy groups -OCH3 is 1. The molecule has 4 rings (SSSR count). The Kier molecular flexibility index (Phi) is 3.80. The van der Waals surface area contributed by atoms with Crippen molar-refractivity contribution in [2.24, 2.45) is 0 Å². The van der Waals surface area contributed by atoms with Crippen LogP contribution in [0.1, 0.15) is 0 Å². The fourth-order valence-electron chi connectivity index (χ4n) is 2.25. The molecule has 0 aliphatic heterocycles. The van der Waals surface area contributed by atoms with E-state index in [9.17, 15) is 0 Å². The van der Waals surface area contributed by atoms with E-state index < -0.39 is 0 Å². The van der Waals surface area contributed by atoms with Gasteiger partial charge < -0.3 is 9.47 Å². The molecular formula is C18H13N3O2S. The van der Waals surface area contributed by atoms with Crippen LogP contribution in [-0.2, 0) is 0 Å². The summed E-state index contributed by atoms with van der Waals surface area (Å²) in [5, 5.41) is 0.986. The van der Waals surface area contributed by atoms with E-state index in [1.165, 1.54) is 4.70 Å². The van der Waals surface area contributed by atoms with Gasteiger partial charge in [-0.25, -0.2) is 9.97 Å². The van der Waals surface area contributed by atoms with E-state index in [0.717, 1.165) is 16.1 Å². The maximum absolute atomic E-state index is 5.65. The van der Waals surface area contributed by atoms with Crippen LogP contribution >= 0.6 is 11.3 Å². The Morgan fingerprint density at radius 1 is 0.917 bits per heavy atom. The molecule has 0 unspecified atom stereocenters. The second-order valence-electron chi connectivity index (χ2n) is 4.99. The minimum absolute atomic E-state index is 0.252. The van der Waals surface area contributed by atoms with E-state index in [1.54, 1.807) is 30.7 Å². The van der Waals surface area contributed by atoms with Gasteiger partial charge in [-0.2, -0.15) is 4.98 Å². The highest BCUT2D eigenvalue weighted by Gasteiger charge is 2.07. The van der Waals surface area contributed by atoms with Crippen molar-refractivity contribution >= 4 is 21.6 Å². The highest BCUT2D eigenvalue weighted by Crippen LogP contribution is 2.31. The maximum atomic E-state index is 5.65. The zero-order valence-corrected chi connectivity index (χ0v) is 13.7. The summed E-state index contributed by atoms with van der Waals surface area (Å²) in [6.45, 7) is 0. The van der Waals surface area contributed by atoms with Gasteiger partial charge in [0.15, 0.2) is 0 Å². The third-order valence-electron chi connectivity index (χ3n) is 3.42. The quantitative estimate of drug-likeness (QED) is 0.547. The molecule has 0 amide bonds. The number of thiazole rings is 1. The lowest BCUT2D eigenvalue weighted by Crippen LogP contribution is -1.94. The van der Waals surface area contributed by atoms with Gasteiger partial charge in [0.2, 0.25) is 5.88 Å². The molecule has 0 aliphatic carbocycles. The molecule has 5 nitrogen and oxygen atoms in total. The van der Waals surface area contributed by atoms with E-state index in [2.05, 4.69) is 21.0 Å². The van der Waals surface area contributed by atoms with Crippen molar-refractivity contribution in [2.75, 3.05) is 7.11 Å². The van der Waals surface area contributed by atoms with Crippen LogP contribution in [0.4, 0.5) is 0 Å². The predicted molar refractivity (Wildman–Crippen MR) is 93.7 cm³/mol. The van der Waals surface area contributed by atoms with Crippen LogP contribution in [-0.4, -0.2) is 22.1 Å². The topological polar surface area (TPSA) is 57.1 Å². The molecule has 0 saturated carbocycles. The van der Waals surface area contributed by atoms with E-state index >= 15 is 0 Å². The molecule has 0 fully saturated rings. The van der Waals surface area contributed by atoms with Gasteiger partial charge in [-0.15, -0.1) is 11.3 Å². The van der Waals surface area contributed by atoms with Crippen LogP contribution in [0.3, 0.4) is 0 Å². The second kappa shape index (κ2) is 6.25. The zero-order chi connectivity index (χ0) is 16.4. The molecule has 2 aromatic heterocycles. The maximum Gasteiger partial charge on any atom is 0.325 e. The monoisotopic (exact) mass is 335 g/mol. The number of ether oxygens (including phenoxy) is 2.